The Morgan fingerprint density at radius 2 is 0.637 bits per heavy atom. The highest BCUT2D eigenvalue weighted by atomic mass is 32.2. The van der Waals surface area contributed by atoms with E-state index in [-0.39, 0.29) is 33.1 Å². The van der Waals surface area contributed by atoms with Gasteiger partial charge in [0.2, 0.25) is 20.0 Å². The van der Waals surface area contributed by atoms with Crippen molar-refractivity contribution in [3.8, 4) is 0 Å². The molecular weight excluding hydrogens is 1070 g/mol. The fourth-order valence-electron chi connectivity index (χ4n) is 7.91. The minimum atomic E-state index is -3.59. The summed E-state index contributed by atoms with van der Waals surface area (Å²) in [7, 11) is -10.3. The van der Waals surface area contributed by atoms with E-state index in [2.05, 4.69) is 14.2 Å². The Kier molecular flexibility index (Phi) is 22.3. The molecule has 0 saturated heterocycles. The van der Waals surface area contributed by atoms with Crippen LogP contribution in [0.4, 0.5) is 17.1 Å². The van der Waals surface area contributed by atoms with E-state index in [0.29, 0.717) is 23.5 Å². The summed E-state index contributed by atoms with van der Waals surface area (Å²) in [5, 5.41) is 26.7. The van der Waals surface area contributed by atoms with Crippen molar-refractivity contribution in [2.24, 2.45) is 0 Å². The fraction of sp³-hybridized carbons (Fsp3) is 0.177. The molecule has 80 heavy (non-hydrogen) atoms. The van der Waals surface area contributed by atoms with Crippen molar-refractivity contribution in [2.75, 3.05) is 19.9 Å². The molecule has 0 aliphatic heterocycles. The first-order valence-corrected chi connectivity index (χ1v) is 30.4. The van der Waals surface area contributed by atoms with Crippen LogP contribution in [0.2, 0.25) is 0 Å². The van der Waals surface area contributed by atoms with Crippen molar-refractivity contribution in [3.63, 3.8) is 0 Å². The third-order valence-electron chi connectivity index (χ3n) is 12.4. The van der Waals surface area contributed by atoms with Crippen molar-refractivity contribution in [1.82, 2.24) is 0 Å². The second-order valence-electron chi connectivity index (χ2n) is 18.6. The van der Waals surface area contributed by atoms with Crippen molar-refractivity contribution in [2.45, 2.75) is 68.9 Å². The van der Waals surface area contributed by atoms with Gasteiger partial charge in [0.15, 0.2) is 0 Å². The lowest BCUT2D eigenvalue weighted by Gasteiger charge is -2.09. The molecule has 8 aromatic carbocycles. The second-order valence-corrected chi connectivity index (χ2v) is 23.9. The molecule has 0 radical (unpaired) electrons. The monoisotopic (exact) mass is 1140 g/mol. The summed E-state index contributed by atoms with van der Waals surface area (Å²) < 4.78 is 80.7. The molecule has 0 unspecified atom stereocenters. The molecular formula is C62H63N3O12S3. The van der Waals surface area contributed by atoms with Crippen LogP contribution in [-0.4, -0.2) is 64.2 Å². The molecule has 0 heterocycles. The summed E-state index contributed by atoms with van der Waals surface area (Å²) >= 11 is 0. The highest BCUT2D eigenvalue weighted by Gasteiger charge is 2.15. The van der Waals surface area contributed by atoms with Crippen LogP contribution in [0.15, 0.2) is 211 Å². The lowest BCUT2D eigenvalue weighted by Crippen LogP contribution is -2.16. The first-order chi connectivity index (χ1) is 38.2. The molecule has 0 spiro atoms. The van der Waals surface area contributed by atoms with Gasteiger partial charge < -0.3 is 15.3 Å². The van der Waals surface area contributed by atoms with Gasteiger partial charge in [0, 0.05) is 17.1 Å². The van der Waals surface area contributed by atoms with Crippen LogP contribution >= 0.6 is 0 Å². The Morgan fingerprint density at radius 3 is 0.950 bits per heavy atom. The topological polar surface area (TPSA) is 250 Å². The number of sulfonamides is 3. The molecule has 0 aromatic heterocycles. The molecule has 0 aliphatic carbocycles. The smallest absolute Gasteiger partial charge is 0.335 e. The lowest BCUT2D eigenvalue weighted by atomic mass is 10.0. The number of anilines is 3. The summed E-state index contributed by atoms with van der Waals surface area (Å²) in [5.74, 6) is -2.73. The standard InChI is InChI=1S/C22H21NO4S.C21H19NO4S.C19H23NO4S/c24-22(25)20-12-8-17(9-13-20)6-7-18-10-14-21(15-11-18)23-28(26,27)16-19-4-2-1-3-5-19;23-21(24)18-12-8-16(9-13-18)6-7-17-10-14-19(15-11-17)22-27(25,26)20-4-2-1-3-5-20;1-2-3-14-25(23,24)20-18-12-8-16(9-13-18)5-4-15-6-10-17(11-7-15)19(21)22/h1-5,8-15,23H,6-7,16H2,(H,24,25);1-5,8-15,22H,6-7H2,(H,23,24);6-13,20H,2-5,14H2,1H3,(H,21,22). The maximum atomic E-state index is 12.3. The maximum absolute atomic E-state index is 12.3. The highest BCUT2D eigenvalue weighted by Crippen LogP contribution is 2.20. The third-order valence-corrected chi connectivity index (χ3v) is 16.4. The molecule has 416 valence electrons. The zero-order chi connectivity index (χ0) is 57.5. The number of rotatable bonds is 24. The van der Waals surface area contributed by atoms with Crippen LogP contribution < -0.4 is 14.2 Å². The Hall–Kier alpha value is -8.58. The number of aryl methyl sites for hydroxylation is 6. The van der Waals surface area contributed by atoms with Gasteiger partial charge in [-0.2, -0.15) is 0 Å². The first kappa shape index (κ1) is 60.6. The van der Waals surface area contributed by atoms with Gasteiger partial charge >= 0.3 is 17.9 Å². The Balaban J connectivity index is 0.000000194. The van der Waals surface area contributed by atoms with Crippen molar-refractivity contribution in [3.05, 3.63) is 262 Å². The van der Waals surface area contributed by atoms with Crippen LogP contribution in [0, 0.1) is 0 Å². The largest absolute Gasteiger partial charge is 0.478 e. The van der Waals surface area contributed by atoms with E-state index in [9.17, 15) is 39.6 Å². The molecule has 0 atom stereocenters. The SMILES string of the molecule is CCCCS(=O)(=O)Nc1ccc(CCc2ccc(C(=O)O)cc2)cc1.O=C(O)c1ccc(CCc2ccc(NS(=O)(=O)Cc3ccccc3)cc2)cc1.O=C(O)c1ccc(CCc2ccc(NS(=O)(=O)c3ccccc3)cc2)cc1. The van der Waals surface area contributed by atoms with Gasteiger partial charge in [-0.25, -0.2) is 39.6 Å². The average molecular weight is 1140 g/mol. The summed E-state index contributed by atoms with van der Waals surface area (Å²) in [6.07, 6.45) is 6.19. The van der Waals surface area contributed by atoms with Gasteiger partial charge in [-0.05, 0) is 169 Å². The van der Waals surface area contributed by atoms with E-state index >= 15 is 0 Å². The molecule has 18 heteroatoms. The number of aromatic carboxylic acids is 3. The van der Waals surface area contributed by atoms with Gasteiger partial charge in [0.1, 0.15) is 0 Å². The van der Waals surface area contributed by atoms with Gasteiger partial charge in [-0.1, -0.05) is 135 Å². The molecule has 6 N–H and O–H groups in total. The molecule has 0 bridgehead atoms. The summed E-state index contributed by atoms with van der Waals surface area (Å²) in [6.45, 7) is 1.96. The minimum absolute atomic E-state index is 0.0675. The van der Waals surface area contributed by atoms with Crippen molar-refractivity contribution in [1.29, 1.82) is 0 Å². The Bertz CT molecular complexity index is 3610. The van der Waals surface area contributed by atoms with Crippen LogP contribution in [0.5, 0.6) is 0 Å². The predicted octanol–water partition coefficient (Wildman–Crippen LogP) is 11.8. The highest BCUT2D eigenvalue weighted by molar-refractivity contribution is 7.93. The molecule has 8 aromatic rings. The average Bonchev–Trinajstić information content (AvgIpc) is 3.45. The van der Waals surface area contributed by atoms with Gasteiger partial charge in [-0.3, -0.25) is 14.2 Å². The molecule has 15 nitrogen and oxygen atoms in total. The normalized spacial score (nSPS) is 11.2. The van der Waals surface area contributed by atoms with Crippen LogP contribution in [0.3, 0.4) is 0 Å². The zero-order valence-electron chi connectivity index (χ0n) is 43.9. The van der Waals surface area contributed by atoms with E-state index in [1.807, 2.05) is 97.9 Å². The summed E-state index contributed by atoms with van der Waals surface area (Å²) in [5.41, 5.74) is 9.59. The van der Waals surface area contributed by atoms with E-state index in [1.54, 1.807) is 115 Å². The number of carbonyl (C=O) groups is 3. The molecule has 0 amide bonds. The van der Waals surface area contributed by atoms with Crippen molar-refractivity contribution < 1.29 is 55.0 Å². The van der Waals surface area contributed by atoms with E-state index in [1.165, 1.54) is 0 Å². The number of benzene rings is 8. The van der Waals surface area contributed by atoms with Crippen molar-refractivity contribution >= 4 is 65.0 Å². The fourth-order valence-corrected chi connectivity index (χ4v) is 11.5. The zero-order valence-corrected chi connectivity index (χ0v) is 46.4. The maximum Gasteiger partial charge on any atom is 0.335 e. The van der Waals surface area contributed by atoms with E-state index < -0.39 is 48.0 Å². The molecule has 0 aliphatic rings. The number of unbranched alkanes of at least 4 members (excludes halogenated alkanes) is 1. The molecule has 8 rings (SSSR count). The number of carboxylic acids is 3. The minimum Gasteiger partial charge on any atom is -0.478 e. The summed E-state index contributed by atoms with van der Waals surface area (Å²) in [6, 6.07) is 59.7. The van der Waals surface area contributed by atoms with Crippen LogP contribution in [0.25, 0.3) is 0 Å². The van der Waals surface area contributed by atoms with Gasteiger partial charge in [0.25, 0.3) is 10.0 Å². The first-order valence-electron chi connectivity index (χ1n) is 25.6. The second kappa shape index (κ2) is 29.4. The number of carboxylic acid groups (broad SMARTS) is 3. The quantitative estimate of drug-likeness (QED) is 0.0331. The Morgan fingerprint density at radius 1 is 0.350 bits per heavy atom. The molecule has 0 saturated carbocycles. The van der Waals surface area contributed by atoms with E-state index in [4.69, 9.17) is 15.3 Å². The molecule has 0 fully saturated rings. The Labute approximate surface area is 468 Å². The van der Waals surface area contributed by atoms with Crippen LogP contribution in [0.1, 0.15) is 89.8 Å². The number of hydrogen-bond acceptors (Lipinski definition) is 9. The van der Waals surface area contributed by atoms with Gasteiger partial charge in [0.05, 0.1) is 33.1 Å². The van der Waals surface area contributed by atoms with Gasteiger partial charge in [-0.15, -0.1) is 0 Å². The number of hydrogen-bond donors (Lipinski definition) is 6. The van der Waals surface area contributed by atoms with Crippen LogP contribution in [-0.2, 0) is 74.3 Å². The lowest BCUT2D eigenvalue weighted by molar-refractivity contribution is 0.0686. The van der Waals surface area contributed by atoms with E-state index in [0.717, 1.165) is 83.9 Å². The summed E-state index contributed by atoms with van der Waals surface area (Å²) in [4.78, 5) is 32.8. The predicted molar refractivity (Wildman–Crippen MR) is 314 cm³/mol. The number of nitrogens with one attached hydrogen (secondary N) is 3. The third kappa shape index (κ3) is 20.7.